The molecule has 0 fully saturated rings. The van der Waals surface area contributed by atoms with Crippen LogP contribution in [0.25, 0.3) is 0 Å². The van der Waals surface area contributed by atoms with E-state index < -0.39 is 0 Å². The average molecular weight is 228 g/mol. The molecule has 0 aliphatic heterocycles. The summed E-state index contributed by atoms with van der Waals surface area (Å²) in [6, 6.07) is 8.36. The second-order valence-corrected chi connectivity index (χ2v) is 3.18. The van der Waals surface area contributed by atoms with Crippen LogP contribution >= 0.6 is 0 Å². The molecule has 0 spiro atoms. The molecule has 1 aliphatic carbocycles. The van der Waals surface area contributed by atoms with Crippen molar-refractivity contribution in [2.24, 2.45) is 0 Å². The molecule has 0 heterocycles. The van der Waals surface area contributed by atoms with Crippen molar-refractivity contribution in [3.05, 3.63) is 59.7 Å². The van der Waals surface area contributed by atoms with Crippen molar-refractivity contribution >= 4 is 0 Å². The van der Waals surface area contributed by atoms with E-state index in [1.165, 1.54) is 11.1 Å². The summed E-state index contributed by atoms with van der Waals surface area (Å²) in [6.07, 6.45) is 9.50. The van der Waals surface area contributed by atoms with E-state index in [4.69, 9.17) is 0 Å². The monoisotopic (exact) mass is 228 g/mol. The zero-order chi connectivity index (χ0) is 9.52. The van der Waals surface area contributed by atoms with Crippen molar-refractivity contribution in [3.63, 3.8) is 0 Å². The van der Waals surface area contributed by atoms with Gasteiger partial charge in [0.2, 0.25) is 0 Å². The van der Waals surface area contributed by atoms with Gasteiger partial charge in [-0.1, -0.05) is 48.6 Å². The van der Waals surface area contributed by atoms with E-state index in [9.17, 15) is 0 Å². The van der Waals surface area contributed by atoms with E-state index in [-0.39, 0.29) is 17.1 Å². The zero-order valence-corrected chi connectivity index (χ0v) is 9.78. The summed E-state index contributed by atoms with van der Waals surface area (Å²) in [7, 11) is 0. The summed E-state index contributed by atoms with van der Waals surface area (Å²) in [4.78, 5) is 0. The maximum Gasteiger partial charge on any atom is 0 e. The van der Waals surface area contributed by atoms with Crippen LogP contribution in [0.15, 0.2) is 48.6 Å². The first-order chi connectivity index (χ1) is 6.30. The predicted molar refractivity (Wildman–Crippen MR) is 58.8 cm³/mol. The van der Waals surface area contributed by atoms with Crippen LogP contribution in [0, 0.1) is 13.8 Å². The molecule has 0 nitrogen and oxygen atoms in total. The van der Waals surface area contributed by atoms with E-state index >= 15 is 0 Å². The molecule has 0 amide bonds. The van der Waals surface area contributed by atoms with E-state index in [1.807, 2.05) is 0 Å². The van der Waals surface area contributed by atoms with Gasteiger partial charge in [-0.05, 0) is 31.4 Å². The first-order valence-corrected chi connectivity index (χ1v) is 4.64. The van der Waals surface area contributed by atoms with Gasteiger partial charge in [-0.15, -0.1) is 0 Å². The van der Waals surface area contributed by atoms with Crippen LogP contribution in [-0.2, 0) is 17.1 Å². The van der Waals surface area contributed by atoms with E-state index in [0.717, 1.165) is 6.42 Å². The first kappa shape index (κ1) is 13.2. The van der Waals surface area contributed by atoms with Gasteiger partial charge in [0.1, 0.15) is 0 Å². The minimum atomic E-state index is 0. The van der Waals surface area contributed by atoms with E-state index in [0.29, 0.717) is 0 Å². The van der Waals surface area contributed by atoms with E-state index in [1.54, 1.807) is 0 Å². The third kappa shape index (κ3) is 5.06. The Morgan fingerprint density at radius 1 is 0.857 bits per heavy atom. The minimum Gasteiger partial charge on any atom is -0.0808 e. The van der Waals surface area contributed by atoms with Crippen LogP contribution in [0.5, 0.6) is 0 Å². The molecule has 14 heavy (non-hydrogen) atoms. The quantitative estimate of drug-likeness (QED) is 0.592. The van der Waals surface area contributed by atoms with E-state index in [2.05, 4.69) is 62.4 Å². The van der Waals surface area contributed by atoms with Crippen molar-refractivity contribution in [2.75, 3.05) is 0 Å². The topological polar surface area (TPSA) is 0 Å². The molecule has 1 heteroatoms. The predicted octanol–water partition coefficient (Wildman–Crippen LogP) is 3.80. The fourth-order valence-electron chi connectivity index (χ4n) is 1.06. The van der Waals surface area contributed by atoms with Crippen molar-refractivity contribution < 1.29 is 17.1 Å². The minimum absolute atomic E-state index is 0. The Bertz CT molecular complexity index is 280. The molecule has 0 unspecified atom stereocenters. The van der Waals surface area contributed by atoms with Crippen molar-refractivity contribution in [2.45, 2.75) is 20.3 Å². The Kier molecular flexibility index (Phi) is 7.18. The molecular formula is C13H16Fe. The first-order valence-electron chi connectivity index (χ1n) is 4.64. The van der Waals surface area contributed by atoms with Crippen LogP contribution in [0.2, 0.25) is 0 Å². The largest absolute Gasteiger partial charge is 0.0808 e. The maximum atomic E-state index is 2.12. The third-order valence-electron chi connectivity index (χ3n) is 2.08. The van der Waals surface area contributed by atoms with Gasteiger partial charge in [-0.3, -0.25) is 0 Å². The smallest absolute Gasteiger partial charge is 0 e. The summed E-state index contributed by atoms with van der Waals surface area (Å²) in [5, 5.41) is 0. The number of aryl methyl sites for hydroxylation is 2. The Morgan fingerprint density at radius 2 is 1.29 bits per heavy atom. The Morgan fingerprint density at radius 3 is 1.50 bits per heavy atom. The zero-order valence-electron chi connectivity index (χ0n) is 8.68. The second-order valence-electron chi connectivity index (χ2n) is 3.18. The Hall–Kier alpha value is -0.781. The summed E-state index contributed by atoms with van der Waals surface area (Å²) < 4.78 is 0. The average Bonchev–Trinajstić information content (AvgIpc) is 2.68. The standard InChI is InChI=1S/C8H10.C5H6.Fe/c1-7-5-3-4-6-8(7)2;1-2-4-5-3-1;/h3-6H,1-2H3;1-4H,5H2;. The van der Waals surface area contributed by atoms with Gasteiger partial charge in [0, 0.05) is 17.1 Å². The van der Waals surface area contributed by atoms with Crippen LogP contribution in [0.1, 0.15) is 17.5 Å². The molecule has 0 saturated heterocycles. The fourth-order valence-corrected chi connectivity index (χ4v) is 1.06. The third-order valence-corrected chi connectivity index (χ3v) is 2.08. The number of hydrogen-bond acceptors (Lipinski definition) is 0. The molecule has 0 saturated carbocycles. The summed E-state index contributed by atoms with van der Waals surface area (Å²) in [5.74, 6) is 0. The van der Waals surface area contributed by atoms with Gasteiger partial charge >= 0.3 is 0 Å². The molecule has 1 aliphatic rings. The normalized spacial score (nSPS) is 11.6. The second kappa shape index (κ2) is 7.61. The molecule has 1 aromatic carbocycles. The van der Waals surface area contributed by atoms with Gasteiger partial charge < -0.3 is 0 Å². The van der Waals surface area contributed by atoms with Crippen LogP contribution in [0.4, 0.5) is 0 Å². The molecule has 76 valence electrons. The number of hydrogen-bond donors (Lipinski definition) is 0. The van der Waals surface area contributed by atoms with Gasteiger partial charge in [0.25, 0.3) is 0 Å². The summed E-state index contributed by atoms with van der Waals surface area (Å²) in [5.41, 5.74) is 2.74. The van der Waals surface area contributed by atoms with Gasteiger partial charge in [0.05, 0.1) is 0 Å². The van der Waals surface area contributed by atoms with Crippen molar-refractivity contribution in [3.8, 4) is 0 Å². The fraction of sp³-hybridized carbons (Fsp3) is 0.231. The van der Waals surface area contributed by atoms with Crippen LogP contribution < -0.4 is 0 Å². The van der Waals surface area contributed by atoms with Gasteiger partial charge in [-0.2, -0.15) is 0 Å². The van der Waals surface area contributed by atoms with Crippen LogP contribution in [-0.4, -0.2) is 0 Å². The Labute approximate surface area is 97.2 Å². The van der Waals surface area contributed by atoms with Crippen molar-refractivity contribution in [1.82, 2.24) is 0 Å². The molecular weight excluding hydrogens is 212 g/mol. The summed E-state index contributed by atoms with van der Waals surface area (Å²) in [6.45, 7) is 4.24. The number of benzene rings is 1. The molecule has 1 aromatic rings. The van der Waals surface area contributed by atoms with Crippen LogP contribution in [0.3, 0.4) is 0 Å². The number of allylic oxidation sites excluding steroid dienone is 4. The van der Waals surface area contributed by atoms with Gasteiger partial charge in [-0.25, -0.2) is 0 Å². The molecule has 0 aromatic heterocycles. The summed E-state index contributed by atoms with van der Waals surface area (Å²) >= 11 is 0. The molecule has 2 rings (SSSR count). The molecule has 0 atom stereocenters. The maximum absolute atomic E-state index is 2.12. The molecule has 0 radical (unpaired) electrons. The number of rotatable bonds is 0. The Balaban J connectivity index is 0.000000246. The van der Waals surface area contributed by atoms with Crippen molar-refractivity contribution in [1.29, 1.82) is 0 Å². The SMILES string of the molecule is C1=CCC=C1.Cc1ccccc1C.[Fe]. The molecule has 0 bridgehead atoms. The molecule has 0 N–H and O–H groups in total. The van der Waals surface area contributed by atoms with Gasteiger partial charge in [0.15, 0.2) is 0 Å².